The highest BCUT2D eigenvalue weighted by Crippen LogP contribution is 2.36. The number of nitrogens with zero attached hydrogens (tertiary/aromatic N) is 2. The van der Waals surface area contributed by atoms with Crippen LogP contribution >= 0.6 is 0 Å². The van der Waals surface area contributed by atoms with Gasteiger partial charge in [0.2, 0.25) is 0 Å². The molecular weight excluding hydrogens is 332 g/mol. The van der Waals surface area contributed by atoms with Crippen molar-refractivity contribution in [3.8, 4) is 0 Å². The molecule has 0 radical (unpaired) electrons. The van der Waals surface area contributed by atoms with Crippen molar-refractivity contribution in [1.82, 2.24) is 21.1 Å². The lowest BCUT2D eigenvalue weighted by molar-refractivity contribution is -0.134. The summed E-state index contributed by atoms with van der Waals surface area (Å²) in [5, 5.41) is 5.07. The molecule has 0 amide bonds. The van der Waals surface area contributed by atoms with Crippen LogP contribution < -0.4 is 11.0 Å². The van der Waals surface area contributed by atoms with Gasteiger partial charge in [0.1, 0.15) is 0 Å². The normalized spacial score (nSPS) is 42.7. The summed E-state index contributed by atoms with van der Waals surface area (Å²) in [5.74, 6) is 3.76. The van der Waals surface area contributed by atoms with Crippen LogP contribution in [0.1, 0.15) is 96.3 Å². The van der Waals surface area contributed by atoms with E-state index in [1.54, 1.807) is 0 Å². The van der Waals surface area contributed by atoms with Crippen LogP contribution in [0.5, 0.6) is 0 Å². The van der Waals surface area contributed by atoms with Crippen molar-refractivity contribution in [2.45, 2.75) is 96.3 Å². The van der Waals surface area contributed by atoms with Crippen molar-refractivity contribution in [3.05, 3.63) is 0 Å². The van der Waals surface area contributed by atoms with Crippen molar-refractivity contribution in [1.29, 1.82) is 0 Å². The zero-order valence-electron chi connectivity index (χ0n) is 17.6. The molecule has 0 aromatic rings. The second kappa shape index (κ2) is 10.6. The minimum absolute atomic E-state index is 0.814. The van der Waals surface area contributed by atoms with E-state index in [4.69, 9.17) is 0 Å². The summed E-state index contributed by atoms with van der Waals surface area (Å²) in [6.07, 6.45) is 22.1. The molecule has 0 aromatic carbocycles. The number of nitrogens with one attached hydrogen (secondary N) is 2. The van der Waals surface area contributed by atoms with Gasteiger partial charge in [-0.05, 0) is 55.8 Å². The van der Waals surface area contributed by atoms with Crippen molar-refractivity contribution in [3.63, 3.8) is 0 Å². The van der Waals surface area contributed by atoms with Gasteiger partial charge in [0.05, 0.1) is 0 Å². The number of hydrazine groups is 3. The van der Waals surface area contributed by atoms with E-state index in [0.29, 0.717) is 0 Å². The third kappa shape index (κ3) is 6.16. The van der Waals surface area contributed by atoms with Gasteiger partial charge in [0.25, 0.3) is 0 Å². The van der Waals surface area contributed by atoms with Crippen LogP contribution in [0.4, 0.5) is 0 Å². The van der Waals surface area contributed by atoms with Crippen LogP contribution in [0.2, 0.25) is 0 Å². The topological polar surface area (TPSA) is 30.5 Å². The lowest BCUT2D eigenvalue weighted by atomic mass is 9.75. The van der Waals surface area contributed by atoms with Crippen LogP contribution in [-0.4, -0.2) is 36.3 Å². The zero-order chi connectivity index (χ0) is 18.3. The van der Waals surface area contributed by atoms with E-state index in [-0.39, 0.29) is 0 Å². The molecule has 4 nitrogen and oxygen atoms in total. The molecule has 6 atom stereocenters. The first kappa shape index (κ1) is 20.1. The number of hydrogen-bond acceptors (Lipinski definition) is 4. The van der Waals surface area contributed by atoms with Crippen LogP contribution in [0.25, 0.3) is 0 Å². The molecule has 4 fully saturated rings. The summed E-state index contributed by atoms with van der Waals surface area (Å²) in [7, 11) is 0. The summed E-state index contributed by atoms with van der Waals surface area (Å²) >= 11 is 0. The Labute approximate surface area is 167 Å². The number of piperidine rings is 1. The molecule has 3 aliphatic heterocycles. The van der Waals surface area contributed by atoms with E-state index < -0.39 is 0 Å². The predicted molar refractivity (Wildman–Crippen MR) is 113 cm³/mol. The average molecular weight is 377 g/mol. The van der Waals surface area contributed by atoms with E-state index in [1.807, 2.05) is 0 Å². The van der Waals surface area contributed by atoms with Crippen molar-refractivity contribution in [2.24, 2.45) is 23.7 Å². The third-order valence-electron chi connectivity index (χ3n) is 7.90. The van der Waals surface area contributed by atoms with E-state index in [9.17, 15) is 0 Å². The molecule has 4 heteroatoms. The number of hydrogen-bond donors (Lipinski definition) is 2. The molecule has 0 spiro atoms. The molecule has 4 rings (SSSR count). The monoisotopic (exact) mass is 376 g/mol. The predicted octanol–water partition coefficient (Wildman–Crippen LogP) is 4.89. The fourth-order valence-corrected chi connectivity index (χ4v) is 6.40. The first-order valence-corrected chi connectivity index (χ1v) is 12.4. The minimum Gasteiger partial charge on any atom is -0.243 e. The Morgan fingerprint density at radius 2 is 1.22 bits per heavy atom. The van der Waals surface area contributed by atoms with Gasteiger partial charge in [-0.3, -0.25) is 0 Å². The highest BCUT2D eigenvalue weighted by atomic mass is 15.9. The van der Waals surface area contributed by atoms with Crippen LogP contribution in [0, 0.1) is 23.7 Å². The van der Waals surface area contributed by atoms with Crippen LogP contribution in [0.3, 0.4) is 0 Å². The molecule has 3 heterocycles. The van der Waals surface area contributed by atoms with E-state index in [2.05, 4.69) is 21.1 Å². The average Bonchev–Trinajstić information content (AvgIpc) is 2.70. The van der Waals surface area contributed by atoms with Crippen LogP contribution in [0.15, 0.2) is 0 Å². The Balaban J connectivity index is 1.36. The molecule has 27 heavy (non-hydrogen) atoms. The van der Waals surface area contributed by atoms with Crippen molar-refractivity contribution < 1.29 is 0 Å². The molecule has 6 unspecified atom stereocenters. The Morgan fingerprint density at radius 1 is 0.556 bits per heavy atom. The lowest BCUT2D eigenvalue weighted by Gasteiger charge is -2.45. The van der Waals surface area contributed by atoms with E-state index in [0.717, 1.165) is 30.2 Å². The largest absolute Gasteiger partial charge is 0.243 e. The Morgan fingerprint density at radius 3 is 2.11 bits per heavy atom. The molecule has 6 bridgehead atoms. The fourth-order valence-electron chi connectivity index (χ4n) is 6.40. The van der Waals surface area contributed by atoms with E-state index in [1.165, 1.54) is 116 Å². The summed E-state index contributed by atoms with van der Waals surface area (Å²) in [4.78, 5) is 0. The quantitative estimate of drug-likeness (QED) is 0.630. The molecule has 1 aliphatic carbocycles. The summed E-state index contributed by atoms with van der Waals surface area (Å²) in [6.45, 7) is 4.87. The number of rotatable bonds is 0. The maximum Gasteiger partial charge on any atom is 0.0345 e. The summed E-state index contributed by atoms with van der Waals surface area (Å²) in [6, 6.07) is 0. The van der Waals surface area contributed by atoms with Crippen molar-refractivity contribution in [2.75, 3.05) is 26.2 Å². The molecule has 0 aromatic heterocycles. The Hall–Kier alpha value is -0.160. The SMILES string of the molecule is C1CCCCC2CCCN(C2)N2CC(CNN2)CC2CCCC(CCC1)C2. The highest BCUT2D eigenvalue weighted by molar-refractivity contribution is 4.80. The first-order chi connectivity index (χ1) is 13.4. The molecule has 156 valence electrons. The minimum atomic E-state index is 0.814. The van der Waals surface area contributed by atoms with Crippen LogP contribution in [-0.2, 0) is 0 Å². The second-order valence-electron chi connectivity index (χ2n) is 10.2. The van der Waals surface area contributed by atoms with Gasteiger partial charge in [-0.15, -0.1) is 0 Å². The van der Waals surface area contributed by atoms with Gasteiger partial charge in [-0.2, -0.15) is 10.7 Å². The van der Waals surface area contributed by atoms with Gasteiger partial charge in [-0.1, -0.05) is 64.2 Å². The molecule has 1 saturated carbocycles. The van der Waals surface area contributed by atoms with E-state index >= 15 is 0 Å². The molecule has 2 N–H and O–H groups in total. The van der Waals surface area contributed by atoms with Gasteiger partial charge in [0.15, 0.2) is 0 Å². The van der Waals surface area contributed by atoms with Gasteiger partial charge < -0.3 is 0 Å². The lowest BCUT2D eigenvalue weighted by Crippen LogP contribution is -2.64. The molecule has 4 aliphatic rings. The van der Waals surface area contributed by atoms with Crippen molar-refractivity contribution >= 4 is 0 Å². The number of fused-ring (bicyclic) bond motifs is 7. The smallest absolute Gasteiger partial charge is 0.0345 e. The van der Waals surface area contributed by atoms with Gasteiger partial charge in [-0.25, -0.2) is 10.4 Å². The third-order valence-corrected chi connectivity index (χ3v) is 7.90. The maximum absolute atomic E-state index is 3.52. The zero-order valence-corrected chi connectivity index (χ0v) is 17.6. The standard InChI is InChI=1S/C23H44N4/c1-2-4-6-10-21-13-8-14-26(18-21)27-19-23(17-24-25-27)16-22-12-7-11-20(15-22)9-5-3-1/h20-25H,1-19H2. The first-order valence-electron chi connectivity index (χ1n) is 12.4. The fraction of sp³-hybridized carbons (Fsp3) is 1.00. The summed E-state index contributed by atoms with van der Waals surface area (Å²) < 4.78 is 0. The second-order valence-corrected chi connectivity index (χ2v) is 10.2. The molecular formula is C23H44N4. The Bertz CT molecular complexity index is 429. The maximum atomic E-state index is 3.52. The summed E-state index contributed by atoms with van der Waals surface area (Å²) in [5.41, 5.74) is 7.01. The van der Waals surface area contributed by atoms with Gasteiger partial charge in [0, 0.05) is 26.2 Å². The highest BCUT2D eigenvalue weighted by Gasteiger charge is 2.31. The van der Waals surface area contributed by atoms with Gasteiger partial charge >= 0.3 is 0 Å². The Kier molecular flexibility index (Phi) is 7.88. The molecule has 3 saturated heterocycles.